The van der Waals surface area contributed by atoms with Crippen molar-refractivity contribution in [3.8, 4) is 0 Å². The van der Waals surface area contributed by atoms with Gasteiger partial charge in [-0.1, -0.05) is 224 Å². The van der Waals surface area contributed by atoms with Gasteiger partial charge < -0.3 is 4.90 Å². The zero-order valence-electron chi connectivity index (χ0n) is 32.6. The second-order valence-corrected chi connectivity index (χ2v) is 15.4. The Labute approximate surface area is 291 Å². The average molecular weight is 640 g/mol. The molecule has 0 radical (unpaired) electrons. The predicted octanol–water partition coefficient (Wildman–Crippen LogP) is 15.8. The first-order chi connectivity index (χ1) is 22.6. The Morgan fingerprint density at radius 3 is 1.04 bits per heavy atom. The molecule has 1 aromatic rings. The summed E-state index contributed by atoms with van der Waals surface area (Å²) in [6.45, 7) is 10.4. The first-order valence-electron chi connectivity index (χ1n) is 21.4. The number of aryl methyl sites for hydroxylation is 3. The molecule has 1 rings (SSSR count). The van der Waals surface area contributed by atoms with Crippen LogP contribution in [0.3, 0.4) is 0 Å². The van der Waals surface area contributed by atoms with Crippen molar-refractivity contribution in [2.24, 2.45) is 0 Å². The lowest BCUT2D eigenvalue weighted by Gasteiger charge is -2.25. The van der Waals surface area contributed by atoms with Gasteiger partial charge in [0.2, 0.25) is 0 Å². The molecule has 0 unspecified atom stereocenters. The zero-order chi connectivity index (χ0) is 33.3. The quantitative estimate of drug-likeness (QED) is 0.0668. The van der Waals surface area contributed by atoms with Gasteiger partial charge in [0.25, 0.3) is 0 Å². The van der Waals surface area contributed by atoms with Gasteiger partial charge in [-0.2, -0.15) is 0 Å². The first kappa shape index (κ1) is 43.0. The third kappa shape index (κ3) is 25.1. The molecule has 0 aliphatic rings. The number of nitrogens with zero attached hydrogens (tertiary/aromatic N) is 1. The molecule has 0 aliphatic heterocycles. The molecule has 0 bridgehead atoms. The van der Waals surface area contributed by atoms with Crippen LogP contribution in [0.15, 0.2) is 12.1 Å². The normalized spacial score (nSPS) is 11.5. The van der Waals surface area contributed by atoms with Crippen LogP contribution in [0.25, 0.3) is 0 Å². The molecule has 0 aromatic heterocycles. The molecular formula is C45H85N. The summed E-state index contributed by atoms with van der Waals surface area (Å²) in [5, 5.41) is 0. The third-order valence-corrected chi connectivity index (χ3v) is 10.6. The lowest BCUT2D eigenvalue weighted by Crippen LogP contribution is -2.21. The molecule has 0 fully saturated rings. The predicted molar refractivity (Wildman–Crippen MR) is 212 cm³/mol. The summed E-state index contributed by atoms with van der Waals surface area (Å²) in [5.41, 5.74) is 6.04. The van der Waals surface area contributed by atoms with Gasteiger partial charge in [0.15, 0.2) is 0 Å². The Kier molecular flexibility index (Phi) is 30.5. The first-order valence-corrected chi connectivity index (χ1v) is 21.4. The maximum atomic E-state index is 2.58. The zero-order valence-corrected chi connectivity index (χ0v) is 32.6. The molecule has 0 saturated heterocycles. The molecule has 1 aromatic carbocycles. The summed E-state index contributed by atoms with van der Waals surface area (Å²) in [6.07, 6.45) is 47.4. The number of hydrogen-bond acceptors (Lipinski definition) is 1. The summed E-state index contributed by atoms with van der Waals surface area (Å²) in [4.78, 5) is 2.58. The van der Waals surface area contributed by atoms with Crippen LogP contribution >= 0.6 is 0 Å². The summed E-state index contributed by atoms with van der Waals surface area (Å²) in [5.74, 6) is 0. The lowest BCUT2D eigenvalue weighted by molar-refractivity contribution is 0.529. The van der Waals surface area contributed by atoms with E-state index in [1.165, 1.54) is 235 Å². The van der Waals surface area contributed by atoms with Crippen molar-refractivity contribution in [3.05, 3.63) is 28.8 Å². The maximum absolute atomic E-state index is 2.58. The highest BCUT2D eigenvalue weighted by Gasteiger charge is 2.12. The van der Waals surface area contributed by atoms with Crippen LogP contribution < -0.4 is 4.90 Å². The highest BCUT2D eigenvalue weighted by molar-refractivity contribution is 5.60. The van der Waals surface area contributed by atoms with E-state index in [2.05, 4.69) is 51.8 Å². The van der Waals surface area contributed by atoms with E-state index < -0.39 is 0 Å². The van der Waals surface area contributed by atoms with Gasteiger partial charge in [0.05, 0.1) is 0 Å². The fourth-order valence-corrected chi connectivity index (χ4v) is 7.66. The van der Waals surface area contributed by atoms with Crippen LogP contribution in [-0.4, -0.2) is 13.6 Å². The molecule has 1 nitrogen and oxygen atoms in total. The van der Waals surface area contributed by atoms with Crippen LogP contribution in [0.1, 0.15) is 236 Å². The lowest BCUT2D eigenvalue weighted by atomic mass is 9.97. The summed E-state index contributed by atoms with van der Waals surface area (Å²) >= 11 is 0. The topological polar surface area (TPSA) is 3.24 Å². The monoisotopic (exact) mass is 640 g/mol. The molecule has 0 amide bonds. The van der Waals surface area contributed by atoms with Gasteiger partial charge in [-0.15, -0.1) is 0 Å². The molecule has 46 heavy (non-hydrogen) atoms. The Morgan fingerprint density at radius 2 is 0.696 bits per heavy atom. The minimum absolute atomic E-state index is 1.20. The Morgan fingerprint density at radius 1 is 0.391 bits per heavy atom. The Balaban J connectivity index is 2.07. The van der Waals surface area contributed by atoms with E-state index in [0.29, 0.717) is 0 Å². The number of benzene rings is 1. The van der Waals surface area contributed by atoms with E-state index in [-0.39, 0.29) is 0 Å². The molecule has 0 saturated carbocycles. The maximum Gasteiger partial charge on any atom is 0.0426 e. The van der Waals surface area contributed by atoms with E-state index in [0.717, 1.165) is 0 Å². The molecule has 0 heterocycles. The minimum Gasteiger partial charge on any atom is -0.374 e. The van der Waals surface area contributed by atoms with Crippen molar-refractivity contribution in [3.63, 3.8) is 0 Å². The van der Waals surface area contributed by atoms with Gasteiger partial charge in [-0.3, -0.25) is 0 Å². The number of unbranched alkanes of at least 4 members (excludes halogenated alkanes) is 30. The third-order valence-electron chi connectivity index (χ3n) is 10.6. The van der Waals surface area contributed by atoms with Gasteiger partial charge in [0, 0.05) is 19.3 Å². The van der Waals surface area contributed by atoms with Crippen molar-refractivity contribution in [1.29, 1.82) is 0 Å². The summed E-state index contributed by atoms with van der Waals surface area (Å²) in [6, 6.07) is 4.88. The fourth-order valence-electron chi connectivity index (χ4n) is 7.66. The molecule has 0 N–H and O–H groups in total. The SMILES string of the molecule is CCCCCCCCCCCCCCCCCCc1cc(C)cc(C)c1N(C)CCCCCCCCCCCCCCCCCC. The highest BCUT2D eigenvalue weighted by Crippen LogP contribution is 2.28. The molecule has 270 valence electrons. The van der Waals surface area contributed by atoms with E-state index in [1.807, 2.05) is 0 Å². The van der Waals surface area contributed by atoms with Gasteiger partial charge in [0.1, 0.15) is 0 Å². The van der Waals surface area contributed by atoms with Crippen LogP contribution in [0, 0.1) is 13.8 Å². The number of anilines is 1. The smallest absolute Gasteiger partial charge is 0.0426 e. The van der Waals surface area contributed by atoms with Crippen molar-refractivity contribution >= 4 is 5.69 Å². The summed E-state index contributed by atoms with van der Waals surface area (Å²) < 4.78 is 0. The molecule has 1 heteroatoms. The van der Waals surface area contributed by atoms with Gasteiger partial charge in [-0.25, -0.2) is 0 Å². The highest BCUT2D eigenvalue weighted by atomic mass is 15.1. The summed E-state index contributed by atoms with van der Waals surface area (Å²) in [7, 11) is 2.35. The Hall–Kier alpha value is -0.980. The van der Waals surface area contributed by atoms with E-state index in [1.54, 1.807) is 5.56 Å². The van der Waals surface area contributed by atoms with Crippen molar-refractivity contribution < 1.29 is 0 Å². The van der Waals surface area contributed by atoms with Crippen molar-refractivity contribution in [1.82, 2.24) is 0 Å². The van der Waals surface area contributed by atoms with E-state index in [9.17, 15) is 0 Å². The minimum atomic E-state index is 1.20. The average Bonchev–Trinajstić information content (AvgIpc) is 3.04. The van der Waals surface area contributed by atoms with Crippen LogP contribution in [0.5, 0.6) is 0 Å². The van der Waals surface area contributed by atoms with Gasteiger partial charge in [-0.05, 0) is 44.2 Å². The molecule has 0 spiro atoms. The Bertz CT molecular complexity index is 766. The van der Waals surface area contributed by atoms with Crippen molar-refractivity contribution in [2.75, 3.05) is 18.5 Å². The second kappa shape index (κ2) is 32.6. The van der Waals surface area contributed by atoms with E-state index in [4.69, 9.17) is 0 Å². The standard InChI is InChI=1S/C45H85N/c1-6-8-10-12-14-16-18-20-22-24-26-28-30-32-34-36-38-44-41-42(3)40-43(4)45(44)46(5)39-37-35-33-31-29-27-25-23-21-19-17-15-13-11-9-7-2/h40-41H,6-39H2,1-5H3. The van der Waals surface area contributed by atoms with Crippen LogP contribution in [0.4, 0.5) is 5.69 Å². The van der Waals surface area contributed by atoms with Crippen LogP contribution in [0.2, 0.25) is 0 Å². The van der Waals surface area contributed by atoms with E-state index >= 15 is 0 Å². The second-order valence-electron chi connectivity index (χ2n) is 15.4. The van der Waals surface area contributed by atoms with Crippen LogP contribution in [-0.2, 0) is 6.42 Å². The molecule has 0 atom stereocenters. The van der Waals surface area contributed by atoms with Gasteiger partial charge >= 0.3 is 0 Å². The number of hydrogen-bond donors (Lipinski definition) is 0. The van der Waals surface area contributed by atoms with Crippen molar-refractivity contribution in [2.45, 2.75) is 240 Å². The number of rotatable bonds is 35. The molecule has 0 aliphatic carbocycles. The molecular weight excluding hydrogens is 555 g/mol. The largest absolute Gasteiger partial charge is 0.374 e. The fraction of sp³-hybridized carbons (Fsp3) is 0.867.